The summed E-state index contributed by atoms with van der Waals surface area (Å²) in [6.45, 7) is 7.52. The van der Waals surface area contributed by atoms with Crippen LogP contribution in [-0.4, -0.2) is 28.8 Å². The fraction of sp³-hybridized carbons (Fsp3) is 0.261. The summed E-state index contributed by atoms with van der Waals surface area (Å²) in [7, 11) is 0. The zero-order valence-electron chi connectivity index (χ0n) is 17.4. The van der Waals surface area contributed by atoms with Crippen molar-refractivity contribution in [2.24, 2.45) is 0 Å². The first-order chi connectivity index (χ1) is 14.3. The third-order valence-electron chi connectivity index (χ3n) is 4.78. The Hall–Kier alpha value is -3.61. The van der Waals surface area contributed by atoms with Gasteiger partial charge in [-0.1, -0.05) is 12.1 Å². The van der Waals surface area contributed by atoms with E-state index in [4.69, 9.17) is 9.15 Å². The standard InChI is InChI=1S/C23H24N2O5/c1-14(2)25-15(3)12-18(16(25)4)20(26)13-30-23(28)17-8-5-6-9-19(17)24-22(27)21-10-7-11-29-21/h5-12,14H,13H2,1-4H3,(H,24,27). The first-order valence-electron chi connectivity index (χ1n) is 9.62. The van der Waals surface area contributed by atoms with Gasteiger partial charge in [0.25, 0.3) is 5.91 Å². The van der Waals surface area contributed by atoms with Crippen molar-refractivity contribution < 1.29 is 23.5 Å². The van der Waals surface area contributed by atoms with Crippen LogP contribution in [0.3, 0.4) is 0 Å². The van der Waals surface area contributed by atoms with Crippen LogP contribution in [0, 0.1) is 13.8 Å². The normalized spacial score (nSPS) is 10.8. The Kier molecular flexibility index (Phi) is 6.20. The van der Waals surface area contributed by atoms with Crippen LogP contribution >= 0.6 is 0 Å². The summed E-state index contributed by atoms with van der Waals surface area (Å²) < 4.78 is 12.4. The second kappa shape index (κ2) is 8.82. The molecule has 2 aromatic heterocycles. The molecule has 2 heterocycles. The SMILES string of the molecule is Cc1cc(C(=O)COC(=O)c2ccccc2NC(=O)c2ccco2)c(C)n1C(C)C. The second-order valence-electron chi connectivity index (χ2n) is 7.22. The average Bonchev–Trinajstić information content (AvgIpc) is 3.34. The van der Waals surface area contributed by atoms with Gasteiger partial charge in [0.15, 0.2) is 12.4 Å². The summed E-state index contributed by atoms with van der Waals surface area (Å²) in [5.41, 5.74) is 2.78. The van der Waals surface area contributed by atoms with Crippen LogP contribution in [0.1, 0.15) is 62.5 Å². The number of aromatic nitrogens is 1. The number of amides is 1. The minimum atomic E-state index is -0.698. The minimum Gasteiger partial charge on any atom is -0.459 e. The highest BCUT2D eigenvalue weighted by Gasteiger charge is 2.21. The van der Waals surface area contributed by atoms with E-state index in [1.165, 1.54) is 18.4 Å². The molecule has 7 nitrogen and oxygen atoms in total. The fourth-order valence-electron chi connectivity index (χ4n) is 3.50. The Balaban J connectivity index is 1.71. The number of hydrogen-bond acceptors (Lipinski definition) is 5. The zero-order valence-corrected chi connectivity index (χ0v) is 17.4. The van der Waals surface area contributed by atoms with E-state index < -0.39 is 11.9 Å². The van der Waals surface area contributed by atoms with Crippen LogP contribution in [0.4, 0.5) is 5.69 Å². The van der Waals surface area contributed by atoms with E-state index in [1.54, 1.807) is 24.3 Å². The first-order valence-corrected chi connectivity index (χ1v) is 9.62. The molecule has 0 bridgehead atoms. The van der Waals surface area contributed by atoms with E-state index >= 15 is 0 Å². The number of esters is 1. The number of ether oxygens (including phenoxy) is 1. The predicted octanol–water partition coefficient (Wildman–Crippen LogP) is 4.57. The molecule has 7 heteroatoms. The van der Waals surface area contributed by atoms with Crippen LogP contribution in [0.2, 0.25) is 0 Å². The molecule has 1 N–H and O–H groups in total. The third-order valence-corrected chi connectivity index (χ3v) is 4.78. The van der Waals surface area contributed by atoms with Gasteiger partial charge in [0.2, 0.25) is 5.78 Å². The number of aryl methyl sites for hydroxylation is 1. The van der Waals surface area contributed by atoms with Crippen LogP contribution in [0.25, 0.3) is 0 Å². The van der Waals surface area contributed by atoms with Gasteiger partial charge in [-0.3, -0.25) is 9.59 Å². The summed E-state index contributed by atoms with van der Waals surface area (Å²) in [6.07, 6.45) is 1.39. The largest absolute Gasteiger partial charge is 0.459 e. The first kappa shape index (κ1) is 21.1. The summed E-state index contributed by atoms with van der Waals surface area (Å²) in [5.74, 6) is -1.34. The summed E-state index contributed by atoms with van der Waals surface area (Å²) in [4.78, 5) is 37.4. The lowest BCUT2D eigenvalue weighted by atomic mass is 10.1. The Morgan fingerprint density at radius 2 is 1.80 bits per heavy atom. The molecule has 0 unspecified atom stereocenters. The van der Waals surface area contributed by atoms with Gasteiger partial charge in [0.05, 0.1) is 17.5 Å². The molecule has 3 rings (SSSR count). The number of rotatable bonds is 7. The van der Waals surface area contributed by atoms with Gasteiger partial charge >= 0.3 is 5.97 Å². The molecule has 0 saturated carbocycles. The fourth-order valence-corrected chi connectivity index (χ4v) is 3.50. The predicted molar refractivity (Wildman–Crippen MR) is 112 cm³/mol. The van der Waals surface area contributed by atoms with Gasteiger partial charge in [-0.05, 0) is 58.0 Å². The maximum atomic E-state index is 12.6. The highest BCUT2D eigenvalue weighted by Crippen LogP contribution is 2.21. The maximum absolute atomic E-state index is 12.6. The van der Waals surface area contributed by atoms with Gasteiger partial charge in [0, 0.05) is 23.0 Å². The molecule has 0 radical (unpaired) electrons. The van der Waals surface area contributed by atoms with E-state index in [0.29, 0.717) is 5.56 Å². The lowest BCUT2D eigenvalue weighted by Gasteiger charge is -2.13. The zero-order chi connectivity index (χ0) is 21.8. The molecule has 1 aromatic carbocycles. The molecule has 0 atom stereocenters. The maximum Gasteiger partial charge on any atom is 0.340 e. The Bertz CT molecular complexity index is 1080. The van der Waals surface area contributed by atoms with Crippen molar-refractivity contribution in [3.05, 3.63) is 77.0 Å². The minimum absolute atomic E-state index is 0.119. The molecular weight excluding hydrogens is 384 g/mol. The number of anilines is 1. The number of furan rings is 1. The van der Waals surface area contributed by atoms with Gasteiger partial charge in [-0.2, -0.15) is 0 Å². The molecule has 0 saturated heterocycles. The second-order valence-corrected chi connectivity index (χ2v) is 7.22. The monoisotopic (exact) mass is 408 g/mol. The molecule has 30 heavy (non-hydrogen) atoms. The van der Waals surface area contributed by atoms with Gasteiger partial charge < -0.3 is 19.0 Å². The number of nitrogens with one attached hydrogen (secondary N) is 1. The van der Waals surface area contributed by atoms with Crippen molar-refractivity contribution in [1.82, 2.24) is 4.57 Å². The molecule has 0 aliphatic carbocycles. The number of hydrogen-bond donors (Lipinski definition) is 1. The van der Waals surface area contributed by atoms with Crippen molar-refractivity contribution >= 4 is 23.3 Å². The van der Waals surface area contributed by atoms with Crippen molar-refractivity contribution in [2.45, 2.75) is 33.7 Å². The molecule has 3 aromatic rings. The molecule has 0 aliphatic heterocycles. The summed E-state index contributed by atoms with van der Waals surface area (Å²) in [6, 6.07) is 11.6. The number of para-hydroxylation sites is 1. The van der Waals surface area contributed by atoms with Gasteiger partial charge in [-0.15, -0.1) is 0 Å². The smallest absolute Gasteiger partial charge is 0.340 e. The number of carbonyl (C=O) groups excluding carboxylic acids is 3. The van der Waals surface area contributed by atoms with Crippen molar-refractivity contribution in [3.63, 3.8) is 0 Å². The number of Topliss-reactive ketones (excluding diaryl/α,β-unsaturated/α-hetero) is 1. The van der Waals surface area contributed by atoms with Crippen LogP contribution < -0.4 is 5.32 Å². The highest BCUT2D eigenvalue weighted by atomic mass is 16.5. The van der Waals surface area contributed by atoms with Gasteiger partial charge in [-0.25, -0.2) is 4.79 Å². The van der Waals surface area contributed by atoms with Crippen molar-refractivity contribution in [2.75, 3.05) is 11.9 Å². The van der Waals surface area contributed by atoms with E-state index in [0.717, 1.165) is 11.4 Å². The Morgan fingerprint density at radius 3 is 2.43 bits per heavy atom. The van der Waals surface area contributed by atoms with Crippen LogP contribution in [-0.2, 0) is 4.74 Å². The topological polar surface area (TPSA) is 90.5 Å². The molecule has 0 spiro atoms. The number of carbonyl (C=O) groups is 3. The Morgan fingerprint density at radius 1 is 1.07 bits per heavy atom. The van der Waals surface area contributed by atoms with Crippen molar-refractivity contribution in [3.8, 4) is 0 Å². The molecular formula is C23H24N2O5. The van der Waals surface area contributed by atoms with Crippen LogP contribution in [0.15, 0.2) is 53.1 Å². The average molecular weight is 408 g/mol. The summed E-state index contributed by atoms with van der Waals surface area (Å²) >= 11 is 0. The van der Waals surface area contributed by atoms with Gasteiger partial charge in [0.1, 0.15) is 0 Å². The number of nitrogens with zero attached hydrogens (tertiary/aromatic N) is 1. The van der Waals surface area contributed by atoms with Crippen molar-refractivity contribution in [1.29, 1.82) is 0 Å². The van der Waals surface area contributed by atoms with E-state index in [-0.39, 0.29) is 35.4 Å². The highest BCUT2D eigenvalue weighted by molar-refractivity contribution is 6.07. The number of ketones is 1. The Labute approximate surface area is 174 Å². The molecule has 0 fully saturated rings. The lowest BCUT2D eigenvalue weighted by Crippen LogP contribution is -2.18. The molecule has 156 valence electrons. The van der Waals surface area contributed by atoms with E-state index in [9.17, 15) is 14.4 Å². The lowest BCUT2D eigenvalue weighted by molar-refractivity contribution is 0.0475. The van der Waals surface area contributed by atoms with Crippen LogP contribution in [0.5, 0.6) is 0 Å². The van der Waals surface area contributed by atoms with E-state index in [2.05, 4.69) is 9.88 Å². The number of benzene rings is 1. The summed E-state index contributed by atoms with van der Waals surface area (Å²) in [5, 5.41) is 2.62. The molecule has 1 amide bonds. The molecule has 0 aliphatic rings. The third kappa shape index (κ3) is 4.35. The van der Waals surface area contributed by atoms with E-state index in [1.807, 2.05) is 33.8 Å². The quantitative estimate of drug-likeness (QED) is 0.457.